The van der Waals surface area contributed by atoms with E-state index in [9.17, 15) is 4.79 Å². The Bertz CT molecular complexity index is 648. The number of amides is 1. The van der Waals surface area contributed by atoms with Crippen LogP contribution in [0.1, 0.15) is 28.4 Å². The third kappa shape index (κ3) is 3.68. The van der Waals surface area contributed by atoms with Crippen molar-refractivity contribution in [3.8, 4) is 0 Å². The molecule has 4 heteroatoms. The third-order valence-corrected chi connectivity index (χ3v) is 3.12. The molecule has 0 aliphatic rings. The van der Waals surface area contributed by atoms with Crippen molar-refractivity contribution in [2.45, 2.75) is 13.8 Å². The topological polar surface area (TPSA) is 41.5 Å². The molecule has 0 aliphatic heterocycles. The quantitative estimate of drug-likeness (QED) is 0.677. The summed E-state index contributed by atoms with van der Waals surface area (Å²) in [6, 6.07) is 14.7. The molecule has 20 heavy (non-hydrogen) atoms. The van der Waals surface area contributed by atoms with Gasteiger partial charge in [0.05, 0.1) is 5.71 Å². The fourth-order valence-electron chi connectivity index (χ4n) is 1.69. The summed E-state index contributed by atoms with van der Waals surface area (Å²) >= 11 is 5.85. The van der Waals surface area contributed by atoms with E-state index in [0.717, 1.165) is 11.3 Å². The minimum Gasteiger partial charge on any atom is -0.267 e. The lowest BCUT2D eigenvalue weighted by molar-refractivity contribution is 0.0955. The summed E-state index contributed by atoms with van der Waals surface area (Å²) in [5, 5.41) is 4.63. The maximum atomic E-state index is 11.9. The Balaban J connectivity index is 2.08. The summed E-state index contributed by atoms with van der Waals surface area (Å²) in [5.41, 5.74) is 5.92. The van der Waals surface area contributed by atoms with Crippen molar-refractivity contribution in [3.05, 3.63) is 70.2 Å². The minimum atomic E-state index is -0.279. The van der Waals surface area contributed by atoms with Gasteiger partial charge in [0, 0.05) is 10.6 Å². The van der Waals surface area contributed by atoms with Gasteiger partial charge in [-0.2, -0.15) is 5.10 Å². The molecule has 0 radical (unpaired) electrons. The van der Waals surface area contributed by atoms with E-state index in [1.165, 1.54) is 5.56 Å². The van der Waals surface area contributed by atoms with Gasteiger partial charge >= 0.3 is 0 Å². The molecule has 1 amide bonds. The van der Waals surface area contributed by atoms with Crippen molar-refractivity contribution in [2.75, 3.05) is 0 Å². The van der Waals surface area contributed by atoms with Gasteiger partial charge in [-0.25, -0.2) is 5.43 Å². The lowest BCUT2D eigenvalue weighted by Crippen LogP contribution is -2.19. The maximum Gasteiger partial charge on any atom is 0.271 e. The molecular formula is C16H15ClN2O. The molecule has 2 aromatic rings. The number of aryl methyl sites for hydroxylation is 1. The zero-order chi connectivity index (χ0) is 14.5. The molecule has 0 spiro atoms. The average Bonchev–Trinajstić information content (AvgIpc) is 2.45. The normalized spacial score (nSPS) is 11.2. The van der Waals surface area contributed by atoms with Crippen LogP contribution in [0.25, 0.3) is 0 Å². The molecule has 2 rings (SSSR count). The van der Waals surface area contributed by atoms with Crippen LogP contribution in [0.4, 0.5) is 0 Å². The van der Waals surface area contributed by atoms with E-state index in [2.05, 4.69) is 10.5 Å². The van der Waals surface area contributed by atoms with Gasteiger partial charge < -0.3 is 0 Å². The van der Waals surface area contributed by atoms with Gasteiger partial charge in [0.1, 0.15) is 0 Å². The van der Waals surface area contributed by atoms with E-state index in [1.807, 2.05) is 38.1 Å². The number of carbonyl (C=O) groups excluding carboxylic acids is 1. The highest BCUT2D eigenvalue weighted by Crippen LogP contribution is 2.10. The molecule has 0 fully saturated rings. The zero-order valence-corrected chi connectivity index (χ0v) is 12.1. The summed E-state index contributed by atoms with van der Waals surface area (Å²) < 4.78 is 0. The molecule has 3 nitrogen and oxygen atoms in total. The molecule has 102 valence electrons. The highest BCUT2D eigenvalue weighted by Gasteiger charge is 2.05. The van der Waals surface area contributed by atoms with Crippen LogP contribution in [-0.4, -0.2) is 11.6 Å². The van der Waals surface area contributed by atoms with E-state index in [1.54, 1.807) is 24.3 Å². The number of rotatable bonds is 3. The number of nitrogens with zero attached hydrogens (tertiary/aromatic N) is 1. The fraction of sp³-hybridized carbons (Fsp3) is 0.125. The Hall–Kier alpha value is -2.13. The maximum absolute atomic E-state index is 11.9. The Morgan fingerprint density at radius 1 is 1.10 bits per heavy atom. The predicted molar refractivity (Wildman–Crippen MR) is 82.3 cm³/mol. The molecule has 0 saturated heterocycles. The highest BCUT2D eigenvalue weighted by atomic mass is 35.5. The number of halogens is 1. The van der Waals surface area contributed by atoms with Gasteiger partial charge in [-0.1, -0.05) is 47.5 Å². The van der Waals surface area contributed by atoms with Crippen molar-refractivity contribution in [1.29, 1.82) is 0 Å². The lowest BCUT2D eigenvalue weighted by atomic mass is 10.1. The molecule has 0 aliphatic carbocycles. The molecular weight excluding hydrogens is 272 g/mol. The first-order valence-electron chi connectivity index (χ1n) is 6.23. The minimum absolute atomic E-state index is 0.279. The molecule has 0 heterocycles. The summed E-state index contributed by atoms with van der Waals surface area (Å²) in [6.45, 7) is 3.88. The molecule has 0 saturated carbocycles. The highest BCUT2D eigenvalue weighted by molar-refractivity contribution is 6.30. The number of hydrogen-bond donors (Lipinski definition) is 1. The Morgan fingerprint density at radius 2 is 1.80 bits per heavy atom. The SMILES string of the molecule is CC(=NNC(=O)c1cccc(Cl)c1)c1ccc(C)cc1. The van der Waals surface area contributed by atoms with Gasteiger partial charge in [0.25, 0.3) is 5.91 Å². The standard InChI is InChI=1S/C16H15ClN2O/c1-11-6-8-13(9-7-11)12(2)18-19-16(20)14-4-3-5-15(17)10-14/h3-10H,1-2H3,(H,19,20). The molecule has 0 bridgehead atoms. The van der Waals surface area contributed by atoms with E-state index < -0.39 is 0 Å². The van der Waals surface area contributed by atoms with E-state index in [-0.39, 0.29) is 5.91 Å². The van der Waals surface area contributed by atoms with Crippen molar-refractivity contribution in [2.24, 2.45) is 5.10 Å². The van der Waals surface area contributed by atoms with Crippen molar-refractivity contribution >= 4 is 23.2 Å². The number of carbonyl (C=O) groups is 1. The van der Waals surface area contributed by atoms with Crippen LogP contribution in [0.2, 0.25) is 5.02 Å². The van der Waals surface area contributed by atoms with Crippen molar-refractivity contribution in [1.82, 2.24) is 5.43 Å². The van der Waals surface area contributed by atoms with Crippen LogP contribution in [0.15, 0.2) is 53.6 Å². The zero-order valence-electron chi connectivity index (χ0n) is 11.4. The lowest BCUT2D eigenvalue weighted by Gasteiger charge is -2.04. The molecule has 0 unspecified atom stereocenters. The Labute approximate surface area is 123 Å². The summed E-state index contributed by atoms with van der Waals surface area (Å²) in [5.74, 6) is -0.279. The third-order valence-electron chi connectivity index (χ3n) is 2.88. The van der Waals surface area contributed by atoms with E-state index >= 15 is 0 Å². The van der Waals surface area contributed by atoms with Crippen LogP contribution in [0.5, 0.6) is 0 Å². The summed E-state index contributed by atoms with van der Waals surface area (Å²) in [4.78, 5) is 11.9. The van der Waals surface area contributed by atoms with Crippen LogP contribution < -0.4 is 5.43 Å². The number of hydrazone groups is 1. The van der Waals surface area contributed by atoms with Gasteiger partial charge in [-0.15, -0.1) is 0 Å². The van der Waals surface area contributed by atoms with Crippen LogP contribution in [0.3, 0.4) is 0 Å². The fourth-order valence-corrected chi connectivity index (χ4v) is 1.88. The second kappa shape index (κ2) is 6.35. The Morgan fingerprint density at radius 3 is 2.45 bits per heavy atom. The van der Waals surface area contributed by atoms with Crippen molar-refractivity contribution in [3.63, 3.8) is 0 Å². The number of benzene rings is 2. The van der Waals surface area contributed by atoms with E-state index in [0.29, 0.717) is 10.6 Å². The molecule has 1 N–H and O–H groups in total. The average molecular weight is 287 g/mol. The second-order valence-corrected chi connectivity index (χ2v) is 4.95. The summed E-state index contributed by atoms with van der Waals surface area (Å²) in [7, 11) is 0. The van der Waals surface area contributed by atoms with Gasteiger partial charge in [-0.05, 0) is 37.6 Å². The predicted octanol–water partition coefficient (Wildman–Crippen LogP) is 3.80. The smallest absolute Gasteiger partial charge is 0.267 e. The van der Waals surface area contributed by atoms with Crippen LogP contribution >= 0.6 is 11.6 Å². The largest absolute Gasteiger partial charge is 0.271 e. The van der Waals surface area contributed by atoms with Gasteiger partial charge in [-0.3, -0.25) is 4.79 Å². The van der Waals surface area contributed by atoms with Crippen LogP contribution in [-0.2, 0) is 0 Å². The van der Waals surface area contributed by atoms with Gasteiger partial charge in [0.2, 0.25) is 0 Å². The van der Waals surface area contributed by atoms with Crippen LogP contribution in [0, 0.1) is 6.92 Å². The second-order valence-electron chi connectivity index (χ2n) is 4.51. The van der Waals surface area contributed by atoms with Gasteiger partial charge in [0.15, 0.2) is 0 Å². The first kappa shape index (κ1) is 14.3. The summed E-state index contributed by atoms with van der Waals surface area (Å²) in [6.07, 6.45) is 0. The first-order chi connectivity index (χ1) is 9.56. The molecule has 0 aromatic heterocycles. The monoisotopic (exact) mass is 286 g/mol. The Kier molecular flexibility index (Phi) is 4.53. The molecule has 0 atom stereocenters. The molecule has 2 aromatic carbocycles. The van der Waals surface area contributed by atoms with E-state index in [4.69, 9.17) is 11.6 Å². The van der Waals surface area contributed by atoms with Crippen molar-refractivity contribution < 1.29 is 4.79 Å². The first-order valence-corrected chi connectivity index (χ1v) is 6.61. The number of nitrogens with one attached hydrogen (secondary N) is 1. The number of hydrogen-bond acceptors (Lipinski definition) is 2.